The Hall–Kier alpha value is -0.260. The minimum atomic E-state index is 0.833. The highest BCUT2D eigenvalue weighted by atomic mass is 14.5. The highest BCUT2D eigenvalue weighted by molar-refractivity contribution is 5.14. The van der Waals surface area contributed by atoms with Crippen molar-refractivity contribution in [2.75, 3.05) is 0 Å². The number of hydrogen-bond donors (Lipinski definition) is 0. The monoisotopic (exact) mass is 136 g/mol. The second-order valence-electron chi connectivity index (χ2n) is 3.93. The molecule has 0 radical (unpaired) electrons. The molecule has 56 valence electrons. The first-order valence-electron chi connectivity index (χ1n) is 4.53. The van der Waals surface area contributed by atoms with Gasteiger partial charge in [0.25, 0.3) is 0 Å². The quantitative estimate of drug-likeness (QED) is 0.485. The lowest BCUT2D eigenvalue weighted by Crippen LogP contribution is -2.06. The molecule has 1 fully saturated rings. The number of allylic oxidation sites excluding steroid dienone is 2. The van der Waals surface area contributed by atoms with Crippen LogP contribution in [-0.4, -0.2) is 0 Å². The van der Waals surface area contributed by atoms with Gasteiger partial charge in [0.1, 0.15) is 0 Å². The SMILES string of the molecule is CCC1=CCCC2(CC2)C1. The summed E-state index contributed by atoms with van der Waals surface area (Å²) in [6.07, 6.45) is 11.1. The van der Waals surface area contributed by atoms with Gasteiger partial charge in [0.05, 0.1) is 0 Å². The van der Waals surface area contributed by atoms with Crippen molar-refractivity contribution in [1.82, 2.24) is 0 Å². The number of rotatable bonds is 1. The molecular weight excluding hydrogens is 120 g/mol. The molecule has 0 amide bonds. The van der Waals surface area contributed by atoms with Crippen LogP contribution in [0.25, 0.3) is 0 Å². The molecule has 0 bridgehead atoms. The summed E-state index contributed by atoms with van der Waals surface area (Å²) in [4.78, 5) is 0. The molecule has 0 aliphatic heterocycles. The minimum absolute atomic E-state index is 0.833. The Labute approximate surface area is 63.3 Å². The average Bonchev–Trinajstić information content (AvgIpc) is 2.70. The fourth-order valence-electron chi connectivity index (χ4n) is 2.10. The summed E-state index contributed by atoms with van der Waals surface area (Å²) < 4.78 is 0. The second kappa shape index (κ2) is 2.11. The van der Waals surface area contributed by atoms with Gasteiger partial charge >= 0.3 is 0 Å². The third-order valence-electron chi connectivity index (χ3n) is 3.12. The van der Waals surface area contributed by atoms with Gasteiger partial charge in [0, 0.05) is 0 Å². The van der Waals surface area contributed by atoms with Crippen LogP contribution in [0, 0.1) is 5.41 Å². The molecule has 0 aromatic carbocycles. The van der Waals surface area contributed by atoms with Crippen molar-refractivity contribution >= 4 is 0 Å². The van der Waals surface area contributed by atoms with Gasteiger partial charge in [0.15, 0.2) is 0 Å². The number of hydrogen-bond acceptors (Lipinski definition) is 0. The summed E-state index contributed by atoms with van der Waals surface area (Å²) in [5, 5.41) is 0. The molecule has 0 heterocycles. The molecule has 0 N–H and O–H groups in total. The van der Waals surface area contributed by atoms with Crippen LogP contribution < -0.4 is 0 Å². The van der Waals surface area contributed by atoms with Crippen molar-refractivity contribution in [3.05, 3.63) is 11.6 Å². The molecule has 0 atom stereocenters. The Balaban J connectivity index is 2.04. The predicted molar refractivity (Wildman–Crippen MR) is 43.9 cm³/mol. The molecule has 1 spiro atoms. The van der Waals surface area contributed by atoms with Crippen LogP contribution in [0.4, 0.5) is 0 Å². The molecule has 2 rings (SSSR count). The normalized spacial score (nSPS) is 28.3. The molecule has 10 heavy (non-hydrogen) atoms. The maximum Gasteiger partial charge on any atom is -0.0257 e. The van der Waals surface area contributed by atoms with E-state index in [2.05, 4.69) is 13.0 Å². The van der Waals surface area contributed by atoms with Crippen molar-refractivity contribution in [1.29, 1.82) is 0 Å². The summed E-state index contributed by atoms with van der Waals surface area (Å²) in [6, 6.07) is 0. The smallest absolute Gasteiger partial charge is 0.0257 e. The molecule has 0 aromatic rings. The first kappa shape index (κ1) is 6.45. The van der Waals surface area contributed by atoms with E-state index < -0.39 is 0 Å². The van der Waals surface area contributed by atoms with Gasteiger partial charge in [-0.25, -0.2) is 0 Å². The summed E-state index contributed by atoms with van der Waals surface area (Å²) in [7, 11) is 0. The first-order chi connectivity index (χ1) is 4.85. The molecule has 2 aliphatic carbocycles. The van der Waals surface area contributed by atoms with E-state index >= 15 is 0 Å². The fraction of sp³-hybridized carbons (Fsp3) is 0.800. The largest absolute Gasteiger partial charge is 0.0853 e. The second-order valence-corrected chi connectivity index (χ2v) is 3.93. The van der Waals surface area contributed by atoms with Gasteiger partial charge in [-0.1, -0.05) is 18.6 Å². The maximum atomic E-state index is 2.46. The Morgan fingerprint density at radius 1 is 1.40 bits per heavy atom. The lowest BCUT2D eigenvalue weighted by Gasteiger charge is -2.20. The van der Waals surface area contributed by atoms with Crippen LogP contribution in [-0.2, 0) is 0 Å². The Bertz CT molecular complexity index is 161. The average molecular weight is 136 g/mol. The predicted octanol–water partition coefficient (Wildman–Crippen LogP) is 3.29. The van der Waals surface area contributed by atoms with Crippen LogP contribution in [0.2, 0.25) is 0 Å². The molecule has 0 saturated heterocycles. The summed E-state index contributed by atoms with van der Waals surface area (Å²) in [5.41, 5.74) is 2.56. The highest BCUT2D eigenvalue weighted by Crippen LogP contribution is 2.56. The minimum Gasteiger partial charge on any atom is -0.0853 e. The van der Waals surface area contributed by atoms with Gasteiger partial charge in [-0.05, 0) is 43.9 Å². The third kappa shape index (κ3) is 1.00. The van der Waals surface area contributed by atoms with E-state index in [9.17, 15) is 0 Å². The van der Waals surface area contributed by atoms with Crippen LogP contribution in [0.15, 0.2) is 11.6 Å². The van der Waals surface area contributed by atoms with Gasteiger partial charge in [-0.3, -0.25) is 0 Å². The molecule has 1 saturated carbocycles. The van der Waals surface area contributed by atoms with Crippen LogP contribution in [0.3, 0.4) is 0 Å². The van der Waals surface area contributed by atoms with Gasteiger partial charge in [-0.2, -0.15) is 0 Å². The van der Waals surface area contributed by atoms with Crippen LogP contribution >= 0.6 is 0 Å². The van der Waals surface area contributed by atoms with Gasteiger partial charge < -0.3 is 0 Å². The molecule has 2 aliphatic rings. The topological polar surface area (TPSA) is 0 Å². The summed E-state index contributed by atoms with van der Waals surface area (Å²) >= 11 is 0. The summed E-state index contributed by atoms with van der Waals surface area (Å²) in [5.74, 6) is 0. The Kier molecular flexibility index (Phi) is 1.36. The standard InChI is InChI=1S/C10H16/c1-2-9-4-3-5-10(8-9)6-7-10/h4H,2-3,5-8H2,1H3. The third-order valence-corrected chi connectivity index (χ3v) is 3.12. The van der Waals surface area contributed by atoms with Crippen molar-refractivity contribution in [3.63, 3.8) is 0 Å². The van der Waals surface area contributed by atoms with Crippen LogP contribution in [0.5, 0.6) is 0 Å². The Morgan fingerprint density at radius 2 is 2.20 bits per heavy atom. The molecule has 0 nitrogen and oxygen atoms in total. The van der Waals surface area contributed by atoms with Crippen molar-refractivity contribution in [3.8, 4) is 0 Å². The molecule has 0 heteroatoms. The zero-order valence-corrected chi connectivity index (χ0v) is 6.82. The van der Waals surface area contributed by atoms with E-state index in [1.165, 1.54) is 38.5 Å². The van der Waals surface area contributed by atoms with Crippen molar-refractivity contribution < 1.29 is 0 Å². The van der Waals surface area contributed by atoms with Crippen molar-refractivity contribution in [2.45, 2.75) is 45.4 Å². The Morgan fingerprint density at radius 3 is 2.80 bits per heavy atom. The maximum absolute atomic E-state index is 2.46. The van der Waals surface area contributed by atoms with Gasteiger partial charge in [-0.15, -0.1) is 0 Å². The van der Waals surface area contributed by atoms with E-state index in [4.69, 9.17) is 0 Å². The van der Waals surface area contributed by atoms with E-state index in [-0.39, 0.29) is 0 Å². The zero-order valence-electron chi connectivity index (χ0n) is 6.82. The fourth-order valence-corrected chi connectivity index (χ4v) is 2.10. The van der Waals surface area contributed by atoms with E-state index in [1.807, 2.05) is 0 Å². The lowest BCUT2D eigenvalue weighted by molar-refractivity contribution is 0.439. The first-order valence-corrected chi connectivity index (χ1v) is 4.53. The lowest BCUT2D eigenvalue weighted by atomic mass is 9.85. The molecule has 0 unspecified atom stereocenters. The van der Waals surface area contributed by atoms with Crippen LogP contribution in [0.1, 0.15) is 45.4 Å². The zero-order chi connectivity index (χ0) is 7.03. The highest BCUT2D eigenvalue weighted by Gasteiger charge is 2.42. The molecular formula is C10H16. The van der Waals surface area contributed by atoms with Crippen molar-refractivity contribution in [2.24, 2.45) is 5.41 Å². The van der Waals surface area contributed by atoms with E-state index in [0.29, 0.717) is 0 Å². The molecule has 0 aromatic heterocycles. The van der Waals surface area contributed by atoms with E-state index in [1.54, 1.807) is 5.57 Å². The van der Waals surface area contributed by atoms with Gasteiger partial charge in [0.2, 0.25) is 0 Å². The summed E-state index contributed by atoms with van der Waals surface area (Å²) in [6.45, 7) is 2.28. The van der Waals surface area contributed by atoms with E-state index in [0.717, 1.165) is 5.41 Å².